The molecular formula is C9H11N7. The van der Waals surface area contributed by atoms with E-state index >= 15 is 0 Å². The third-order valence-corrected chi connectivity index (χ3v) is 1.81. The van der Waals surface area contributed by atoms with Crippen LogP contribution in [0.3, 0.4) is 0 Å². The molecule has 0 radical (unpaired) electrons. The van der Waals surface area contributed by atoms with Gasteiger partial charge in [-0.25, -0.2) is 0 Å². The summed E-state index contributed by atoms with van der Waals surface area (Å²) in [6.45, 7) is 0. The normalized spacial score (nSPS) is 9.81. The van der Waals surface area contributed by atoms with E-state index in [9.17, 15) is 0 Å². The van der Waals surface area contributed by atoms with Crippen LogP contribution >= 0.6 is 0 Å². The maximum absolute atomic E-state index is 5.53. The lowest BCUT2D eigenvalue weighted by molar-refractivity contribution is 1.06. The van der Waals surface area contributed by atoms with Crippen LogP contribution in [0.4, 0.5) is 23.5 Å². The first-order valence-corrected chi connectivity index (χ1v) is 4.64. The molecule has 0 saturated heterocycles. The number of nitrogens with zero attached hydrogens (tertiary/aromatic N) is 4. The predicted octanol–water partition coefficient (Wildman–Crippen LogP) is 0.634. The number of nitrogen functional groups attached to an aromatic ring is 1. The fourth-order valence-corrected chi connectivity index (χ4v) is 1.12. The van der Waals surface area contributed by atoms with Crippen molar-refractivity contribution in [2.45, 2.75) is 0 Å². The zero-order valence-electron chi connectivity index (χ0n) is 8.68. The van der Waals surface area contributed by atoms with Gasteiger partial charge >= 0.3 is 0 Å². The van der Waals surface area contributed by atoms with Gasteiger partial charge in [-0.1, -0.05) is 0 Å². The molecule has 2 heterocycles. The molecule has 2 aromatic rings. The minimum absolute atomic E-state index is 0.163. The summed E-state index contributed by atoms with van der Waals surface area (Å²) in [5, 5.41) is 5.80. The van der Waals surface area contributed by atoms with Crippen molar-refractivity contribution < 1.29 is 0 Å². The van der Waals surface area contributed by atoms with Crippen LogP contribution in [0.15, 0.2) is 24.5 Å². The molecule has 0 aliphatic heterocycles. The van der Waals surface area contributed by atoms with Crippen LogP contribution in [0.2, 0.25) is 0 Å². The zero-order valence-corrected chi connectivity index (χ0v) is 8.68. The predicted molar refractivity (Wildman–Crippen MR) is 61.3 cm³/mol. The average Bonchev–Trinajstić information content (AvgIpc) is 2.29. The average molecular weight is 217 g/mol. The van der Waals surface area contributed by atoms with E-state index in [4.69, 9.17) is 5.73 Å². The molecule has 2 aromatic heterocycles. The SMILES string of the molecule is CNc1nc(N)nc(Nc2ccncc2)n1. The van der Waals surface area contributed by atoms with E-state index in [2.05, 4.69) is 30.6 Å². The molecule has 82 valence electrons. The quantitative estimate of drug-likeness (QED) is 0.693. The molecule has 0 unspecified atom stereocenters. The van der Waals surface area contributed by atoms with Crippen molar-refractivity contribution in [3.63, 3.8) is 0 Å². The number of nitrogens with two attached hydrogens (primary N) is 1. The summed E-state index contributed by atoms with van der Waals surface area (Å²) in [4.78, 5) is 15.9. The highest BCUT2D eigenvalue weighted by atomic mass is 15.2. The highest BCUT2D eigenvalue weighted by Gasteiger charge is 2.02. The maximum atomic E-state index is 5.53. The minimum atomic E-state index is 0.163. The Morgan fingerprint density at radius 3 is 2.44 bits per heavy atom. The summed E-state index contributed by atoms with van der Waals surface area (Å²) in [7, 11) is 1.71. The first-order chi connectivity index (χ1) is 7.78. The molecule has 0 amide bonds. The summed E-state index contributed by atoms with van der Waals surface area (Å²) in [5.41, 5.74) is 6.37. The van der Waals surface area contributed by atoms with Gasteiger partial charge in [0.2, 0.25) is 17.8 Å². The van der Waals surface area contributed by atoms with Crippen LogP contribution in [-0.2, 0) is 0 Å². The summed E-state index contributed by atoms with van der Waals surface area (Å²) in [6, 6.07) is 3.61. The Bertz CT molecular complexity index is 471. The Labute approximate surface area is 92.2 Å². The highest BCUT2D eigenvalue weighted by molar-refractivity contribution is 5.54. The lowest BCUT2D eigenvalue weighted by Gasteiger charge is -2.06. The topological polar surface area (TPSA) is 102 Å². The van der Waals surface area contributed by atoms with Gasteiger partial charge in [-0.2, -0.15) is 15.0 Å². The molecule has 0 aliphatic rings. The lowest BCUT2D eigenvalue weighted by Crippen LogP contribution is -2.06. The smallest absolute Gasteiger partial charge is 0.233 e. The van der Waals surface area contributed by atoms with Crippen LogP contribution in [0, 0.1) is 0 Å². The van der Waals surface area contributed by atoms with E-state index < -0.39 is 0 Å². The largest absolute Gasteiger partial charge is 0.368 e. The molecule has 2 rings (SSSR count). The first kappa shape index (κ1) is 10.1. The Morgan fingerprint density at radius 1 is 1.06 bits per heavy atom. The van der Waals surface area contributed by atoms with Gasteiger partial charge in [0.05, 0.1) is 0 Å². The van der Waals surface area contributed by atoms with Gasteiger partial charge in [0.25, 0.3) is 0 Å². The third kappa shape index (κ3) is 2.32. The fraction of sp³-hybridized carbons (Fsp3) is 0.111. The van der Waals surface area contributed by atoms with E-state index in [1.54, 1.807) is 31.6 Å². The van der Waals surface area contributed by atoms with Crippen molar-refractivity contribution >= 4 is 23.5 Å². The third-order valence-electron chi connectivity index (χ3n) is 1.81. The summed E-state index contributed by atoms with van der Waals surface area (Å²) in [5.74, 6) is 0.975. The van der Waals surface area contributed by atoms with Gasteiger partial charge in [0, 0.05) is 25.1 Å². The minimum Gasteiger partial charge on any atom is -0.368 e. The maximum Gasteiger partial charge on any atom is 0.233 e. The summed E-state index contributed by atoms with van der Waals surface area (Å²) in [6.07, 6.45) is 3.34. The van der Waals surface area contributed by atoms with E-state index in [1.807, 2.05) is 0 Å². The van der Waals surface area contributed by atoms with Crippen LogP contribution in [0.5, 0.6) is 0 Å². The van der Waals surface area contributed by atoms with Crippen LogP contribution in [0.25, 0.3) is 0 Å². The molecule has 16 heavy (non-hydrogen) atoms. The van der Waals surface area contributed by atoms with E-state index in [0.717, 1.165) is 5.69 Å². The molecule has 0 aliphatic carbocycles. The summed E-state index contributed by atoms with van der Waals surface area (Å²) < 4.78 is 0. The van der Waals surface area contributed by atoms with Gasteiger partial charge in [-0.05, 0) is 12.1 Å². The molecule has 0 aromatic carbocycles. The van der Waals surface area contributed by atoms with Crippen LogP contribution < -0.4 is 16.4 Å². The summed E-state index contributed by atoms with van der Waals surface area (Å²) >= 11 is 0. The van der Waals surface area contributed by atoms with Gasteiger partial charge in [-0.3, -0.25) is 4.98 Å². The van der Waals surface area contributed by atoms with Gasteiger partial charge in [0.1, 0.15) is 0 Å². The number of nitrogens with one attached hydrogen (secondary N) is 2. The first-order valence-electron chi connectivity index (χ1n) is 4.64. The van der Waals surface area contributed by atoms with E-state index in [1.165, 1.54) is 0 Å². The molecule has 0 atom stereocenters. The van der Waals surface area contributed by atoms with Crippen LogP contribution in [-0.4, -0.2) is 27.0 Å². The van der Waals surface area contributed by atoms with Crippen molar-refractivity contribution in [2.24, 2.45) is 0 Å². The zero-order chi connectivity index (χ0) is 11.4. The van der Waals surface area contributed by atoms with Crippen molar-refractivity contribution in [3.05, 3.63) is 24.5 Å². The number of anilines is 4. The number of rotatable bonds is 3. The second-order valence-electron chi connectivity index (χ2n) is 2.95. The molecular weight excluding hydrogens is 206 g/mol. The molecule has 7 nitrogen and oxygen atoms in total. The van der Waals surface area contributed by atoms with Gasteiger partial charge in [-0.15, -0.1) is 0 Å². The highest BCUT2D eigenvalue weighted by Crippen LogP contribution is 2.12. The van der Waals surface area contributed by atoms with Crippen molar-refractivity contribution in [1.29, 1.82) is 0 Å². The second kappa shape index (κ2) is 4.39. The fourth-order valence-electron chi connectivity index (χ4n) is 1.12. The lowest BCUT2D eigenvalue weighted by atomic mass is 10.4. The van der Waals surface area contributed by atoms with E-state index in [0.29, 0.717) is 11.9 Å². The molecule has 7 heteroatoms. The Kier molecular flexibility index (Phi) is 2.77. The Balaban J connectivity index is 2.24. The van der Waals surface area contributed by atoms with Crippen molar-refractivity contribution in [2.75, 3.05) is 23.4 Å². The van der Waals surface area contributed by atoms with Crippen molar-refractivity contribution in [3.8, 4) is 0 Å². The number of hydrogen-bond donors (Lipinski definition) is 3. The van der Waals surface area contributed by atoms with Gasteiger partial charge in [0.15, 0.2) is 0 Å². The van der Waals surface area contributed by atoms with Crippen LogP contribution in [0.1, 0.15) is 0 Å². The van der Waals surface area contributed by atoms with Gasteiger partial charge < -0.3 is 16.4 Å². The molecule has 4 N–H and O–H groups in total. The standard InChI is InChI=1S/C9H11N7/c1-11-8-14-7(10)15-9(16-8)13-6-2-4-12-5-3-6/h2-5H,1H3,(H4,10,11,12,13,14,15,16). The monoisotopic (exact) mass is 217 g/mol. The molecule has 0 spiro atoms. The van der Waals surface area contributed by atoms with Crippen molar-refractivity contribution in [1.82, 2.24) is 19.9 Å². The Morgan fingerprint density at radius 2 is 1.75 bits per heavy atom. The second-order valence-corrected chi connectivity index (χ2v) is 2.95. The van der Waals surface area contributed by atoms with E-state index in [-0.39, 0.29) is 5.95 Å². The molecule has 0 fully saturated rings. The molecule has 0 saturated carbocycles. The Hall–Kier alpha value is -2.44. The number of pyridine rings is 1. The number of aromatic nitrogens is 4. The molecule has 0 bridgehead atoms. The number of hydrogen-bond acceptors (Lipinski definition) is 7.